The van der Waals surface area contributed by atoms with Gasteiger partial charge in [-0.25, -0.2) is 8.42 Å². The summed E-state index contributed by atoms with van der Waals surface area (Å²) in [4.78, 5) is 30.0. The van der Waals surface area contributed by atoms with Gasteiger partial charge in [-0.05, 0) is 62.6 Å². The number of amides is 2. The third-order valence-electron chi connectivity index (χ3n) is 7.64. The van der Waals surface area contributed by atoms with E-state index in [1.54, 1.807) is 30.3 Å². The monoisotopic (exact) mass is 611 g/mol. The van der Waals surface area contributed by atoms with Crippen LogP contribution >= 0.6 is 0 Å². The van der Waals surface area contributed by atoms with Gasteiger partial charge in [-0.3, -0.25) is 13.9 Å². The summed E-state index contributed by atoms with van der Waals surface area (Å²) >= 11 is 0. The topological polar surface area (TPSA) is 86.8 Å². The highest BCUT2D eigenvalue weighted by atomic mass is 32.2. The second kappa shape index (κ2) is 14.8. The molecule has 0 spiro atoms. The van der Waals surface area contributed by atoms with Gasteiger partial charge in [-0.15, -0.1) is 0 Å². The molecule has 0 bridgehead atoms. The molecule has 8 heteroatoms. The molecule has 0 aliphatic rings. The summed E-state index contributed by atoms with van der Waals surface area (Å²) in [7, 11) is -4.12. The molecule has 0 heterocycles. The van der Waals surface area contributed by atoms with Gasteiger partial charge >= 0.3 is 0 Å². The van der Waals surface area contributed by atoms with Crippen LogP contribution in [0.5, 0.6) is 0 Å². The Hall–Kier alpha value is -4.43. The summed E-state index contributed by atoms with van der Waals surface area (Å²) in [6.45, 7) is 7.46. The predicted octanol–water partition coefficient (Wildman–Crippen LogP) is 6.05. The molecule has 0 aliphatic heterocycles. The van der Waals surface area contributed by atoms with Crippen molar-refractivity contribution in [2.45, 2.75) is 64.1 Å². The van der Waals surface area contributed by atoms with Crippen molar-refractivity contribution in [3.8, 4) is 0 Å². The van der Waals surface area contributed by atoms with E-state index in [9.17, 15) is 18.0 Å². The van der Waals surface area contributed by atoms with Crippen molar-refractivity contribution in [3.05, 3.63) is 131 Å². The summed E-state index contributed by atoms with van der Waals surface area (Å²) in [5, 5.41) is 3.07. The first-order valence-corrected chi connectivity index (χ1v) is 16.4. The van der Waals surface area contributed by atoms with E-state index in [1.807, 2.05) is 94.4 Å². The molecule has 2 atom stereocenters. The second-order valence-electron chi connectivity index (χ2n) is 11.2. The highest BCUT2D eigenvalue weighted by Crippen LogP contribution is 2.25. The van der Waals surface area contributed by atoms with Crippen LogP contribution in [0, 0.1) is 13.8 Å². The van der Waals surface area contributed by atoms with Gasteiger partial charge < -0.3 is 10.2 Å². The van der Waals surface area contributed by atoms with Gasteiger partial charge in [0.2, 0.25) is 11.8 Å². The minimum absolute atomic E-state index is 0.0777. The average molecular weight is 612 g/mol. The van der Waals surface area contributed by atoms with E-state index in [2.05, 4.69) is 5.32 Å². The Morgan fingerprint density at radius 2 is 1.39 bits per heavy atom. The molecular formula is C36H41N3O4S. The molecule has 0 saturated carbocycles. The molecule has 4 aromatic rings. The van der Waals surface area contributed by atoms with Gasteiger partial charge in [0.25, 0.3) is 10.0 Å². The number of anilines is 1. The molecule has 0 aromatic heterocycles. The number of hydrogen-bond acceptors (Lipinski definition) is 4. The molecule has 7 nitrogen and oxygen atoms in total. The maximum Gasteiger partial charge on any atom is 0.264 e. The summed E-state index contributed by atoms with van der Waals surface area (Å²) in [6.07, 6.45) is 1.00. The van der Waals surface area contributed by atoms with E-state index in [0.717, 1.165) is 33.0 Å². The third-order valence-corrected chi connectivity index (χ3v) is 9.43. The Kier molecular flexibility index (Phi) is 11.0. The van der Waals surface area contributed by atoms with Crippen LogP contribution in [0.1, 0.15) is 42.5 Å². The predicted molar refractivity (Wildman–Crippen MR) is 176 cm³/mol. The maximum absolute atomic E-state index is 14.5. The zero-order chi connectivity index (χ0) is 31.7. The van der Waals surface area contributed by atoms with Crippen LogP contribution in [-0.2, 0) is 32.6 Å². The van der Waals surface area contributed by atoms with E-state index in [0.29, 0.717) is 5.69 Å². The smallest absolute Gasteiger partial charge is 0.264 e. The molecule has 2 amide bonds. The number of aryl methyl sites for hydroxylation is 2. The van der Waals surface area contributed by atoms with Crippen molar-refractivity contribution in [2.24, 2.45) is 0 Å². The molecule has 4 rings (SSSR count). The lowest BCUT2D eigenvalue weighted by atomic mass is 10.0. The van der Waals surface area contributed by atoms with Gasteiger partial charge in [0.05, 0.1) is 10.6 Å². The SMILES string of the molecule is CC[C@H](C)NC(=O)[C@@H](Cc1ccccc1)N(Cc1cccc(C)c1)C(=O)CN(c1ccc(C)cc1)S(=O)(=O)c1ccccc1. The van der Waals surface area contributed by atoms with Crippen LogP contribution in [0.3, 0.4) is 0 Å². The molecule has 44 heavy (non-hydrogen) atoms. The van der Waals surface area contributed by atoms with Gasteiger partial charge in [-0.1, -0.05) is 103 Å². The van der Waals surface area contributed by atoms with Crippen molar-refractivity contribution in [3.63, 3.8) is 0 Å². The first-order valence-electron chi connectivity index (χ1n) is 14.9. The standard InChI is InChI=1S/C36H41N3O4S/c1-5-29(4)37-36(41)34(24-30-14-8-6-9-15-30)38(25-31-16-12-13-28(3)23-31)35(40)26-39(32-21-19-27(2)20-22-32)44(42,43)33-17-10-7-11-18-33/h6-23,29,34H,5,24-26H2,1-4H3,(H,37,41)/t29-,34+/m0/s1. The molecular weight excluding hydrogens is 570 g/mol. The number of benzene rings is 4. The Balaban J connectivity index is 1.80. The Morgan fingerprint density at radius 1 is 0.773 bits per heavy atom. The molecule has 230 valence electrons. The second-order valence-corrected chi connectivity index (χ2v) is 13.1. The zero-order valence-corrected chi connectivity index (χ0v) is 26.6. The average Bonchev–Trinajstić information content (AvgIpc) is 3.02. The van der Waals surface area contributed by atoms with Crippen LogP contribution in [0.4, 0.5) is 5.69 Å². The fourth-order valence-corrected chi connectivity index (χ4v) is 6.40. The maximum atomic E-state index is 14.5. The lowest BCUT2D eigenvalue weighted by molar-refractivity contribution is -0.140. The molecule has 0 radical (unpaired) electrons. The minimum atomic E-state index is -4.12. The van der Waals surface area contributed by atoms with Gasteiger partial charge in [0.1, 0.15) is 12.6 Å². The number of nitrogens with zero attached hydrogens (tertiary/aromatic N) is 2. The largest absolute Gasteiger partial charge is 0.352 e. The Morgan fingerprint density at radius 3 is 2.00 bits per heavy atom. The number of nitrogens with one attached hydrogen (secondary N) is 1. The van der Waals surface area contributed by atoms with Crippen LogP contribution in [-0.4, -0.2) is 43.8 Å². The first-order chi connectivity index (χ1) is 21.1. The van der Waals surface area contributed by atoms with Gasteiger partial charge in [-0.2, -0.15) is 0 Å². The highest BCUT2D eigenvalue weighted by Gasteiger charge is 2.35. The van der Waals surface area contributed by atoms with Gasteiger partial charge in [0, 0.05) is 19.0 Å². The zero-order valence-electron chi connectivity index (χ0n) is 25.8. The first kappa shape index (κ1) is 32.5. The fourth-order valence-electron chi connectivity index (χ4n) is 4.96. The van der Waals surface area contributed by atoms with Crippen molar-refractivity contribution in [2.75, 3.05) is 10.8 Å². The van der Waals surface area contributed by atoms with Crippen LogP contribution < -0.4 is 9.62 Å². The Bertz CT molecular complexity index is 1640. The van der Waals surface area contributed by atoms with Crippen molar-refractivity contribution in [1.82, 2.24) is 10.2 Å². The number of rotatable bonds is 13. The molecule has 0 unspecified atom stereocenters. The van der Waals surface area contributed by atoms with E-state index in [4.69, 9.17) is 0 Å². The van der Waals surface area contributed by atoms with Crippen LogP contribution in [0.15, 0.2) is 114 Å². The number of carbonyl (C=O) groups is 2. The number of sulfonamides is 1. The molecule has 4 aromatic carbocycles. The fraction of sp³-hybridized carbons (Fsp3) is 0.278. The molecule has 0 aliphatic carbocycles. The summed E-state index contributed by atoms with van der Waals surface area (Å²) in [6, 6.07) is 31.5. The van der Waals surface area contributed by atoms with E-state index < -0.39 is 28.5 Å². The summed E-state index contributed by atoms with van der Waals surface area (Å²) in [5.74, 6) is -0.760. The summed E-state index contributed by atoms with van der Waals surface area (Å²) < 4.78 is 29.2. The lowest BCUT2D eigenvalue weighted by Gasteiger charge is -2.34. The minimum Gasteiger partial charge on any atom is -0.352 e. The summed E-state index contributed by atoms with van der Waals surface area (Å²) in [5.41, 5.74) is 4.09. The van der Waals surface area contributed by atoms with Gasteiger partial charge in [0.15, 0.2) is 0 Å². The van der Waals surface area contributed by atoms with Crippen molar-refractivity contribution < 1.29 is 18.0 Å². The number of hydrogen-bond donors (Lipinski definition) is 1. The van der Waals surface area contributed by atoms with E-state index >= 15 is 0 Å². The lowest BCUT2D eigenvalue weighted by Crippen LogP contribution is -2.54. The van der Waals surface area contributed by atoms with Crippen LogP contribution in [0.25, 0.3) is 0 Å². The number of carbonyl (C=O) groups excluding carboxylic acids is 2. The van der Waals surface area contributed by atoms with Crippen LogP contribution in [0.2, 0.25) is 0 Å². The molecule has 1 N–H and O–H groups in total. The molecule has 0 fully saturated rings. The third kappa shape index (κ3) is 8.35. The van der Waals surface area contributed by atoms with E-state index in [1.165, 1.54) is 17.0 Å². The molecule has 0 saturated heterocycles. The van der Waals surface area contributed by atoms with E-state index in [-0.39, 0.29) is 29.8 Å². The Labute approximate surface area is 261 Å². The highest BCUT2D eigenvalue weighted by molar-refractivity contribution is 7.92. The normalized spacial score (nSPS) is 12.6. The van der Waals surface area contributed by atoms with Crippen molar-refractivity contribution >= 4 is 27.5 Å². The quantitative estimate of drug-likeness (QED) is 0.199. The van der Waals surface area contributed by atoms with Crippen molar-refractivity contribution in [1.29, 1.82) is 0 Å².